The van der Waals surface area contributed by atoms with Crippen molar-refractivity contribution in [3.05, 3.63) is 42.5 Å². The maximum atomic E-state index is 5.93. The first kappa shape index (κ1) is 14.2. The Morgan fingerprint density at radius 1 is 1.11 bits per heavy atom. The van der Waals surface area contributed by atoms with Gasteiger partial charge in [0.25, 0.3) is 0 Å². The maximum Gasteiger partial charge on any atom is 0.119 e. The Kier molecular flexibility index (Phi) is 4.72. The molecule has 0 aliphatic carbocycles. The Morgan fingerprint density at radius 2 is 1.84 bits per heavy atom. The quantitative estimate of drug-likeness (QED) is 0.817. The third-order valence-corrected chi connectivity index (χ3v) is 4.09. The SMILES string of the molecule is CC(C)(N)CSCCOc1ccc2ccccc2c1. The van der Waals surface area contributed by atoms with Gasteiger partial charge in [-0.1, -0.05) is 30.3 Å². The lowest BCUT2D eigenvalue weighted by molar-refractivity contribution is 0.344. The zero-order valence-electron chi connectivity index (χ0n) is 11.6. The predicted octanol–water partition coefficient (Wildman–Crippen LogP) is 3.69. The van der Waals surface area contributed by atoms with E-state index in [0.717, 1.165) is 23.9 Å². The molecule has 0 aliphatic heterocycles. The van der Waals surface area contributed by atoms with Gasteiger partial charge in [0, 0.05) is 17.0 Å². The van der Waals surface area contributed by atoms with Gasteiger partial charge in [-0.2, -0.15) is 11.8 Å². The van der Waals surface area contributed by atoms with Crippen molar-refractivity contribution in [3.63, 3.8) is 0 Å². The van der Waals surface area contributed by atoms with Gasteiger partial charge in [-0.3, -0.25) is 0 Å². The fourth-order valence-electron chi connectivity index (χ4n) is 1.81. The minimum Gasteiger partial charge on any atom is -0.493 e. The van der Waals surface area contributed by atoms with Gasteiger partial charge >= 0.3 is 0 Å². The molecule has 3 heteroatoms. The summed E-state index contributed by atoms with van der Waals surface area (Å²) in [4.78, 5) is 0. The molecule has 2 rings (SSSR count). The molecule has 2 aromatic carbocycles. The molecule has 0 heterocycles. The second kappa shape index (κ2) is 6.31. The van der Waals surface area contributed by atoms with Crippen molar-refractivity contribution in [2.75, 3.05) is 18.1 Å². The van der Waals surface area contributed by atoms with E-state index in [2.05, 4.69) is 24.3 Å². The van der Waals surface area contributed by atoms with E-state index in [1.807, 2.05) is 43.8 Å². The van der Waals surface area contributed by atoms with Crippen LogP contribution in [0.3, 0.4) is 0 Å². The van der Waals surface area contributed by atoms with E-state index in [0.29, 0.717) is 0 Å². The molecule has 0 saturated heterocycles. The van der Waals surface area contributed by atoms with Crippen molar-refractivity contribution in [1.29, 1.82) is 0 Å². The first-order valence-electron chi connectivity index (χ1n) is 6.53. The van der Waals surface area contributed by atoms with Crippen LogP contribution in [0.2, 0.25) is 0 Å². The van der Waals surface area contributed by atoms with Crippen LogP contribution in [-0.4, -0.2) is 23.7 Å². The van der Waals surface area contributed by atoms with Crippen LogP contribution in [0.15, 0.2) is 42.5 Å². The summed E-state index contributed by atoms with van der Waals surface area (Å²) >= 11 is 1.83. The highest BCUT2D eigenvalue weighted by Gasteiger charge is 2.09. The Bertz CT molecular complexity index is 534. The molecule has 0 bridgehead atoms. The lowest BCUT2D eigenvalue weighted by Crippen LogP contribution is -2.34. The molecule has 2 N–H and O–H groups in total. The summed E-state index contributed by atoms with van der Waals surface area (Å²) < 4.78 is 5.77. The zero-order chi connectivity index (χ0) is 13.7. The number of nitrogens with two attached hydrogens (primary N) is 1. The molecule has 0 aliphatic rings. The fourth-order valence-corrected chi connectivity index (χ4v) is 2.68. The molecule has 2 nitrogen and oxygen atoms in total. The van der Waals surface area contributed by atoms with Crippen LogP contribution in [0.4, 0.5) is 0 Å². The van der Waals surface area contributed by atoms with Gasteiger partial charge in [-0.05, 0) is 36.8 Å². The minimum atomic E-state index is -0.104. The van der Waals surface area contributed by atoms with Gasteiger partial charge in [0.15, 0.2) is 0 Å². The number of rotatable bonds is 6. The first-order valence-corrected chi connectivity index (χ1v) is 7.68. The number of fused-ring (bicyclic) bond motifs is 1. The first-order chi connectivity index (χ1) is 9.04. The van der Waals surface area contributed by atoms with E-state index in [-0.39, 0.29) is 5.54 Å². The van der Waals surface area contributed by atoms with Crippen molar-refractivity contribution in [2.24, 2.45) is 5.73 Å². The molecule has 0 radical (unpaired) electrons. The Labute approximate surface area is 119 Å². The van der Waals surface area contributed by atoms with Crippen molar-refractivity contribution >= 4 is 22.5 Å². The van der Waals surface area contributed by atoms with E-state index in [1.165, 1.54) is 10.8 Å². The fraction of sp³-hybridized carbons (Fsp3) is 0.375. The number of thioether (sulfide) groups is 1. The van der Waals surface area contributed by atoms with Crippen molar-refractivity contribution < 1.29 is 4.74 Å². The summed E-state index contributed by atoms with van der Waals surface area (Å²) in [5.74, 6) is 2.85. The van der Waals surface area contributed by atoms with Crippen LogP contribution in [0.1, 0.15) is 13.8 Å². The third-order valence-electron chi connectivity index (χ3n) is 2.69. The highest BCUT2D eigenvalue weighted by molar-refractivity contribution is 7.99. The molecule has 0 saturated carbocycles. The highest BCUT2D eigenvalue weighted by Crippen LogP contribution is 2.20. The van der Waals surface area contributed by atoms with Crippen LogP contribution >= 0.6 is 11.8 Å². The molecule has 19 heavy (non-hydrogen) atoms. The lowest BCUT2D eigenvalue weighted by atomic mass is 10.1. The Balaban J connectivity index is 1.82. The molecule has 0 aromatic heterocycles. The second-order valence-electron chi connectivity index (χ2n) is 5.40. The number of hydrogen-bond donors (Lipinski definition) is 1. The average molecular weight is 275 g/mol. The summed E-state index contributed by atoms with van der Waals surface area (Å²) in [6.07, 6.45) is 0. The summed E-state index contributed by atoms with van der Waals surface area (Å²) in [6.45, 7) is 4.81. The molecule has 102 valence electrons. The molecule has 0 atom stereocenters. The molecule has 2 aromatic rings. The van der Waals surface area contributed by atoms with Gasteiger partial charge in [-0.15, -0.1) is 0 Å². The highest BCUT2D eigenvalue weighted by atomic mass is 32.2. The summed E-state index contributed by atoms with van der Waals surface area (Å²) in [7, 11) is 0. The van der Waals surface area contributed by atoms with Crippen LogP contribution in [-0.2, 0) is 0 Å². The molecule has 0 fully saturated rings. The number of hydrogen-bond acceptors (Lipinski definition) is 3. The maximum absolute atomic E-state index is 5.93. The smallest absolute Gasteiger partial charge is 0.119 e. The van der Waals surface area contributed by atoms with E-state index < -0.39 is 0 Å². The Morgan fingerprint density at radius 3 is 2.58 bits per heavy atom. The van der Waals surface area contributed by atoms with E-state index in [9.17, 15) is 0 Å². The zero-order valence-corrected chi connectivity index (χ0v) is 12.4. The van der Waals surface area contributed by atoms with E-state index in [1.54, 1.807) is 0 Å². The molecular weight excluding hydrogens is 254 g/mol. The van der Waals surface area contributed by atoms with Gasteiger partial charge < -0.3 is 10.5 Å². The van der Waals surface area contributed by atoms with Crippen LogP contribution < -0.4 is 10.5 Å². The van der Waals surface area contributed by atoms with Gasteiger partial charge in [0.1, 0.15) is 5.75 Å². The van der Waals surface area contributed by atoms with E-state index in [4.69, 9.17) is 10.5 Å². The second-order valence-corrected chi connectivity index (χ2v) is 6.50. The normalized spacial score (nSPS) is 11.7. The predicted molar refractivity (Wildman–Crippen MR) is 85.0 cm³/mol. The average Bonchev–Trinajstić information content (AvgIpc) is 2.37. The summed E-state index contributed by atoms with van der Waals surface area (Å²) in [5.41, 5.74) is 5.83. The van der Waals surface area contributed by atoms with Crippen molar-refractivity contribution in [2.45, 2.75) is 19.4 Å². The molecule has 0 unspecified atom stereocenters. The molecular formula is C16H21NOS. The lowest BCUT2D eigenvalue weighted by Gasteiger charge is -2.17. The van der Waals surface area contributed by atoms with Crippen LogP contribution in [0.25, 0.3) is 10.8 Å². The largest absolute Gasteiger partial charge is 0.493 e. The van der Waals surface area contributed by atoms with Crippen molar-refractivity contribution in [3.8, 4) is 5.75 Å². The van der Waals surface area contributed by atoms with Crippen LogP contribution in [0.5, 0.6) is 5.75 Å². The van der Waals surface area contributed by atoms with Gasteiger partial charge in [0.2, 0.25) is 0 Å². The number of benzene rings is 2. The molecule has 0 spiro atoms. The topological polar surface area (TPSA) is 35.2 Å². The van der Waals surface area contributed by atoms with Crippen LogP contribution in [0, 0.1) is 0 Å². The van der Waals surface area contributed by atoms with Gasteiger partial charge in [-0.25, -0.2) is 0 Å². The number of ether oxygens (including phenoxy) is 1. The monoisotopic (exact) mass is 275 g/mol. The summed E-state index contributed by atoms with van der Waals surface area (Å²) in [6, 6.07) is 14.5. The Hall–Kier alpha value is -1.19. The molecule has 0 amide bonds. The standard InChI is InChI=1S/C16H21NOS/c1-16(2,17)12-19-10-9-18-15-8-7-13-5-3-4-6-14(13)11-15/h3-8,11H,9-10,12,17H2,1-2H3. The van der Waals surface area contributed by atoms with Gasteiger partial charge in [0.05, 0.1) is 6.61 Å². The summed E-state index contributed by atoms with van der Waals surface area (Å²) in [5, 5.41) is 2.46. The van der Waals surface area contributed by atoms with E-state index >= 15 is 0 Å². The van der Waals surface area contributed by atoms with Crippen molar-refractivity contribution in [1.82, 2.24) is 0 Å². The third kappa shape index (κ3) is 4.77. The minimum absolute atomic E-state index is 0.104.